The van der Waals surface area contributed by atoms with Crippen LogP contribution in [0.15, 0.2) is 0 Å². The van der Waals surface area contributed by atoms with Gasteiger partial charge < -0.3 is 20.1 Å². The molecular weight excluding hydrogens is 260 g/mol. The zero-order chi connectivity index (χ0) is 15.1. The van der Waals surface area contributed by atoms with E-state index >= 15 is 0 Å². The number of ether oxygens (including phenoxy) is 1. The average Bonchev–Trinajstić information content (AvgIpc) is 2.37. The van der Waals surface area contributed by atoms with E-state index in [0.29, 0.717) is 19.4 Å². The summed E-state index contributed by atoms with van der Waals surface area (Å²) in [6.45, 7) is 4.52. The molecular formula is C14H26N2O4. The van der Waals surface area contributed by atoms with E-state index in [9.17, 15) is 14.7 Å². The Hall–Kier alpha value is -1.30. The van der Waals surface area contributed by atoms with E-state index in [-0.39, 0.29) is 18.1 Å². The van der Waals surface area contributed by atoms with Crippen molar-refractivity contribution in [2.45, 2.75) is 64.1 Å². The first-order chi connectivity index (χ1) is 9.47. The second-order valence-corrected chi connectivity index (χ2v) is 5.51. The number of carbonyl (C=O) groups excluding carboxylic acids is 1. The van der Waals surface area contributed by atoms with Gasteiger partial charge in [-0.05, 0) is 46.0 Å². The van der Waals surface area contributed by atoms with E-state index in [4.69, 9.17) is 4.74 Å². The van der Waals surface area contributed by atoms with Crippen LogP contribution in [0.1, 0.15) is 46.0 Å². The summed E-state index contributed by atoms with van der Waals surface area (Å²) in [5, 5.41) is 11.8. The van der Waals surface area contributed by atoms with Gasteiger partial charge in [-0.1, -0.05) is 0 Å². The maximum absolute atomic E-state index is 12.3. The van der Waals surface area contributed by atoms with Gasteiger partial charge >= 0.3 is 12.0 Å². The van der Waals surface area contributed by atoms with Crippen LogP contribution in [-0.2, 0) is 9.53 Å². The van der Waals surface area contributed by atoms with E-state index in [1.807, 2.05) is 13.8 Å². The maximum Gasteiger partial charge on any atom is 0.326 e. The Balaban J connectivity index is 2.57. The van der Waals surface area contributed by atoms with Crippen molar-refractivity contribution in [3.05, 3.63) is 0 Å². The SMILES string of the molecule is COCCCC(NC(=O)N1C(C)CCCC1C)C(=O)O. The molecule has 0 bridgehead atoms. The molecule has 1 aliphatic heterocycles. The van der Waals surface area contributed by atoms with Gasteiger partial charge in [0.05, 0.1) is 0 Å². The minimum Gasteiger partial charge on any atom is -0.480 e. The van der Waals surface area contributed by atoms with Gasteiger partial charge in [0.15, 0.2) is 0 Å². The summed E-state index contributed by atoms with van der Waals surface area (Å²) < 4.78 is 4.91. The fourth-order valence-electron chi connectivity index (χ4n) is 2.73. The molecule has 0 aromatic carbocycles. The van der Waals surface area contributed by atoms with Gasteiger partial charge in [-0.2, -0.15) is 0 Å². The van der Waals surface area contributed by atoms with Crippen LogP contribution in [0.4, 0.5) is 4.79 Å². The molecule has 0 saturated carbocycles. The third-order valence-electron chi connectivity index (χ3n) is 3.87. The molecule has 1 saturated heterocycles. The van der Waals surface area contributed by atoms with Crippen LogP contribution in [0.3, 0.4) is 0 Å². The zero-order valence-corrected chi connectivity index (χ0v) is 12.6. The summed E-state index contributed by atoms with van der Waals surface area (Å²) in [4.78, 5) is 25.3. The number of carboxylic acids is 1. The zero-order valence-electron chi connectivity index (χ0n) is 12.6. The lowest BCUT2D eigenvalue weighted by Gasteiger charge is -2.39. The number of amides is 2. The Labute approximate surface area is 120 Å². The first-order valence-electron chi connectivity index (χ1n) is 7.28. The summed E-state index contributed by atoms with van der Waals surface area (Å²) in [5.41, 5.74) is 0. The van der Waals surface area contributed by atoms with Gasteiger partial charge in [0, 0.05) is 25.8 Å². The number of piperidine rings is 1. The number of aliphatic carboxylic acids is 1. The van der Waals surface area contributed by atoms with E-state index in [1.165, 1.54) is 0 Å². The van der Waals surface area contributed by atoms with Crippen molar-refractivity contribution in [2.24, 2.45) is 0 Å². The quantitative estimate of drug-likeness (QED) is 0.730. The molecule has 20 heavy (non-hydrogen) atoms. The van der Waals surface area contributed by atoms with E-state index in [2.05, 4.69) is 5.32 Å². The number of nitrogens with one attached hydrogen (secondary N) is 1. The van der Waals surface area contributed by atoms with Gasteiger partial charge in [0.25, 0.3) is 0 Å². The average molecular weight is 286 g/mol. The number of hydrogen-bond donors (Lipinski definition) is 2. The number of hydrogen-bond acceptors (Lipinski definition) is 3. The highest BCUT2D eigenvalue weighted by Gasteiger charge is 2.31. The standard InChI is InChI=1S/C14H26N2O4/c1-10-6-4-7-11(2)16(10)14(19)15-12(13(17)18)8-5-9-20-3/h10-12H,4-9H2,1-3H3,(H,15,19)(H,17,18). The van der Waals surface area contributed by atoms with Crippen molar-refractivity contribution in [3.8, 4) is 0 Å². The van der Waals surface area contributed by atoms with Crippen LogP contribution >= 0.6 is 0 Å². The lowest BCUT2D eigenvalue weighted by molar-refractivity contribution is -0.139. The number of nitrogens with zero attached hydrogens (tertiary/aromatic N) is 1. The van der Waals surface area contributed by atoms with Crippen LogP contribution in [0.25, 0.3) is 0 Å². The van der Waals surface area contributed by atoms with E-state index in [1.54, 1.807) is 12.0 Å². The fraction of sp³-hybridized carbons (Fsp3) is 0.857. The molecule has 2 N–H and O–H groups in total. The highest BCUT2D eigenvalue weighted by molar-refractivity contribution is 5.82. The number of methoxy groups -OCH3 is 1. The van der Waals surface area contributed by atoms with Gasteiger partial charge in [-0.25, -0.2) is 9.59 Å². The molecule has 0 radical (unpaired) electrons. The van der Waals surface area contributed by atoms with Gasteiger partial charge in [0.1, 0.15) is 6.04 Å². The van der Waals surface area contributed by atoms with Gasteiger partial charge in [-0.15, -0.1) is 0 Å². The smallest absolute Gasteiger partial charge is 0.326 e. The molecule has 0 spiro atoms. The molecule has 116 valence electrons. The summed E-state index contributed by atoms with van der Waals surface area (Å²) in [5.74, 6) is -0.994. The lowest BCUT2D eigenvalue weighted by Crippen LogP contribution is -2.55. The largest absolute Gasteiger partial charge is 0.480 e. The number of urea groups is 1. The van der Waals surface area contributed by atoms with Crippen molar-refractivity contribution in [3.63, 3.8) is 0 Å². The molecule has 0 aliphatic carbocycles. The van der Waals surface area contributed by atoms with E-state index in [0.717, 1.165) is 19.3 Å². The van der Waals surface area contributed by atoms with Crippen molar-refractivity contribution in [1.29, 1.82) is 0 Å². The summed E-state index contributed by atoms with van der Waals surface area (Å²) in [7, 11) is 1.57. The van der Waals surface area contributed by atoms with E-state index < -0.39 is 12.0 Å². The minimum absolute atomic E-state index is 0.159. The predicted octanol–water partition coefficient (Wildman–Crippen LogP) is 1.84. The normalized spacial score (nSPS) is 24.2. The minimum atomic E-state index is -0.994. The van der Waals surface area contributed by atoms with Crippen LogP contribution in [-0.4, -0.2) is 53.8 Å². The molecule has 1 aliphatic rings. The van der Waals surface area contributed by atoms with Crippen LogP contribution < -0.4 is 5.32 Å². The third-order valence-corrected chi connectivity index (χ3v) is 3.87. The number of carboxylic acid groups (broad SMARTS) is 1. The third kappa shape index (κ3) is 4.67. The molecule has 1 heterocycles. The van der Waals surface area contributed by atoms with Crippen molar-refractivity contribution in [1.82, 2.24) is 10.2 Å². The number of carbonyl (C=O) groups is 2. The van der Waals surface area contributed by atoms with Crippen LogP contribution in [0.5, 0.6) is 0 Å². The van der Waals surface area contributed by atoms with Crippen molar-refractivity contribution >= 4 is 12.0 Å². The van der Waals surface area contributed by atoms with Crippen LogP contribution in [0.2, 0.25) is 0 Å². The number of likely N-dealkylation sites (tertiary alicyclic amines) is 1. The molecule has 2 amide bonds. The Kier molecular flexibility index (Phi) is 6.78. The maximum atomic E-state index is 12.3. The highest BCUT2D eigenvalue weighted by atomic mass is 16.5. The second kappa shape index (κ2) is 8.09. The number of rotatable bonds is 6. The van der Waals surface area contributed by atoms with Gasteiger partial charge in [-0.3, -0.25) is 0 Å². The summed E-state index contributed by atoms with van der Waals surface area (Å²) >= 11 is 0. The highest BCUT2D eigenvalue weighted by Crippen LogP contribution is 2.22. The Bertz CT molecular complexity index is 325. The fourth-order valence-corrected chi connectivity index (χ4v) is 2.73. The topological polar surface area (TPSA) is 78.9 Å². The molecule has 3 atom stereocenters. The molecule has 6 heteroatoms. The molecule has 0 aromatic rings. The first kappa shape index (κ1) is 16.8. The Morgan fingerprint density at radius 2 is 1.95 bits per heavy atom. The summed E-state index contributed by atoms with van der Waals surface area (Å²) in [6, 6.07) is -0.798. The second-order valence-electron chi connectivity index (χ2n) is 5.51. The lowest BCUT2D eigenvalue weighted by atomic mass is 9.98. The molecule has 1 fully saturated rings. The molecule has 6 nitrogen and oxygen atoms in total. The molecule has 0 aromatic heterocycles. The van der Waals surface area contributed by atoms with Gasteiger partial charge in [0.2, 0.25) is 0 Å². The van der Waals surface area contributed by atoms with Crippen molar-refractivity contribution < 1.29 is 19.4 Å². The summed E-state index contributed by atoms with van der Waals surface area (Å²) in [6.07, 6.45) is 4.05. The Morgan fingerprint density at radius 1 is 1.35 bits per heavy atom. The first-order valence-corrected chi connectivity index (χ1v) is 7.28. The molecule has 1 rings (SSSR count). The molecule has 3 unspecified atom stereocenters. The predicted molar refractivity (Wildman–Crippen MR) is 75.7 cm³/mol. The van der Waals surface area contributed by atoms with Crippen molar-refractivity contribution in [2.75, 3.05) is 13.7 Å². The monoisotopic (exact) mass is 286 g/mol. The Morgan fingerprint density at radius 3 is 2.45 bits per heavy atom. The van der Waals surface area contributed by atoms with Crippen LogP contribution in [0, 0.1) is 0 Å².